The normalized spacial score (nSPS) is 9.95. The number of anilines is 2. The summed E-state index contributed by atoms with van der Waals surface area (Å²) in [5, 5.41) is 6.13. The Bertz CT molecular complexity index is 656. The van der Waals surface area contributed by atoms with E-state index in [0.29, 0.717) is 22.0 Å². The zero-order chi connectivity index (χ0) is 15.2. The van der Waals surface area contributed by atoms with Crippen molar-refractivity contribution >= 4 is 34.8 Å². The molecule has 2 amide bonds. The third kappa shape index (κ3) is 4.22. The Kier molecular flexibility index (Phi) is 4.79. The van der Waals surface area contributed by atoms with Gasteiger partial charge >= 0.3 is 0 Å². The molecule has 0 fully saturated rings. The van der Waals surface area contributed by atoms with Crippen LogP contribution in [0.1, 0.15) is 10.4 Å². The number of primary amides is 1. The highest BCUT2D eigenvalue weighted by molar-refractivity contribution is 6.33. The van der Waals surface area contributed by atoms with Crippen molar-refractivity contribution in [2.75, 3.05) is 17.2 Å². The number of amides is 2. The molecule has 2 aromatic rings. The van der Waals surface area contributed by atoms with Gasteiger partial charge in [0.25, 0.3) is 0 Å². The van der Waals surface area contributed by atoms with Gasteiger partial charge in [0.1, 0.15) is 0 Å². The number of hydrogen-bond acceptors (Lipinski definition) is 3. The van der Waals surface area contributed by atoms with Crippen LogP contribution in [0.5, 0.6) is 0 Å². The lowest BCUT2D eigenvalue weighted by molar-refractivity contribution is -0.114. The molecule has 0 spiro atoms. The van der Waals surface area contributed by atoms with Crippen molar-refractivity contribution < 1.29 is 9.59 Å². The summed E-state index contributed by atoms with van der Waals surface area (Å²) in [5.74, 6) is -0.708. The van der Waals surface area contributed by atoms with E-state index in [1.807, 2.05) is 0 Å². The maximum Gasteiger partial charge on any atom is 0.248 e. The second-order valence-electron chi connectivity index (χ2n) is 4.32. The molecule has 0 aromatic heterocycles. The Balaban J connectivity index is 1.89. The molecule has 0 atom stereocenters. The van der Waals surface area contributed by atoms with Crippen LogP contribution in [0.4, 0.5) is 11.4 Å². The fourth-order valence-corrected chi connectivity index (χ4v) is 1.87. The summed E-state index contributed by atoms with van der Waals surface area (Å²) in [4.78, 5) is 22.7. The van der Waals surface area contributed by atoms with Crippen LogP contribution in [0.3, 0.4) is 0 Å². The molecule has 5 nitrogen and oxygen atoms in total. The van der Waals surface area contributed by atoms with Crippen LogP contribution in [-0.4, -0.2) is 18.4 Å². The summed E-state index contributed by atoms with van der Waals surface area (Å²) in [6, 6.07) is 13.6. The summed E-state index contributed by atoms with van der Waals surface area (Å²) in [6.45, 7) is 0.0845. The summed E-state index contributed by atoms with van der Waals surface area (Å²) in [5.41, 5.74) is 6.85. The molecule has 0 radical (unpaired) electrons. The highest BCUT2D eigenvalue weighted by atomic mass is 35.5. The molecular weight excluding hydrogens is 290 g/mol. The Morgan fingerprint density at radius 1 is 1.05 bits per heavy atom. The molecular formula is C15H14ClN3O2. The molecule has 21 heavy (non-hydrogen) atoms. The Labute approximate surface area is 127 Å². The summed E-state index contributed by atoms with van der Waals surface area (Å²) < 4.78 is 0. The van der Waals surface area contributed by atoms with E-state index in [1.54, 1.807) is 48.5 Å². The number of rotatable bonds is 5. The zero-order valence-corrected chi connectivity index (χ0v) is 11.9. The molecule has 108 valence electrons. The van der Waals surface area contributed by atoms with Gasteiger partial charge in [-0.15, -0.1) is 0 Å². The van der Waals surface area contributed by atoms with Gasteiger partial charge in [-0.2, -0.15) is 0 Å². The van der Waals surface area contributed by atoms with Gasteiger partial charge < -0.3 is 16.4 Å². The quantitative estimate of drug-likeness (QED) is 0.793. The number of nitrogens with two attached hydrogens (primary N) is 1. The zero-order valence-electron chi connectivity index (χ0n) is 11.1. The lowest BCUT2D eigenvalue weighted by atomic mass is 10.2. The summed E-state index contributed by atoms with van der Waals surface area (Å²) >= 11 is 5.95. The second kappa shape index (κ2) is 6.76. The van der Waals surface area contributed by atoms with E-state index in [9.17, 15) is 9.59 Å². The van der Waals surface area contributed by atoms with E-state index < -0.39 is 5.91 Å². The van der Waals surface area contributed by atoms with E-state index in [0.717, 1.165) is 0 Å². The monoisotopic (exact) mass is 303 g/mol. The Hall–Kier alpha value is -2.53. The van der Waals surface area contributed by atoms with Gasteiger partial charge in [0, 0.05) is 11.3 Å². The summed E-state index contributed by atoms with van der Waals surface area (Å²) in [6.07, 6.45) is 0. The van der Waals surface area contributed by atoms with Crippen molar-refractivity contribution in [2.45, 2.75) is 0 Å². The van der Waals surface area contributed by atoms with Gasteiger partial charge in [0.15, 0.2) is 0 Å². The van der Waals surface area contributed by atoms with E-state index in [1.165, 1.54) is 0 Å². The van der Waals surface area contributed by atoms with Crippen molar-refractivity contribution in [1.82, 2.24) is 0 Å². The predicted octanol–water partition coefficient (Wildman–Crippen LogP) is 2.49. The molecule has 0 saturated heterocycles. The van der Waals surface area contributed by atoms with Crippen LogP contribution in [-0.2, 0) is 4.79 Å². The number of hydrogen-bond donors (Lipinski definition) is 3. The third-order valence-corrected chi connectivity index (χ3v) is 3.10. The molecule has 0 bridgehead atoms. The first kappa shape index (κ1) is 14.9. The van der Waals surface area contributed by atoms with Gasteiger partial charge in [-0.1, -0.05) is 23.7 Å². The molecule has 2 aromatic carbocycles. The molecule has 6 heteroatoms. The molecule has 2 rings (SSSR count). The van der Waals surface area contributed by atoms with E-state index in [2.05, 4.69) is 10.6 Å². The van der Waals surface area contributed by atoms with Crippen LogP contribution in [0.25, 0.3) is 0 Å². The van der Waals surface area contributed by atoms with Crippen LogP contribution < -0.4 is 16.4 Å². The highest BCUT2D eigenvalue weighted by Crippen LogP contribution is 2.20. The van der Waals surface area contributed by atoms with Crippen molar-refractivity contribution in [3.05, 3.63) is 59.1 Å². The van der Waals surface area contributed by atoms with Gasteiger partial charge in [-0.3, -0.25) is 9.59 Å². The number of halogens is 1. The number of benzene rings is 2. The van der Waals surface area contributed by atoms with E-state index >= 15 is 0 Å². The van der Waals surface area contributed by atoms with Gasteiger partial charge in [0.2, 0.25) is 11.8 Å². The number of carbonyl (C=O) groups is 2. The van der Waals surface area contributed by atoms with Crippen LogP contribution in [0, 0.1) is 0 Å². The summed E-state index contributed by atoms with van der Waals surface area (Å²) in [7, 11) is 0. The topological polar surface area (TPSA) is 84.2 Å². The fourth-order valence-electron chi connectivity index (χ4n) is 1.69. The minimum Gasteiger partial charge on any atom is -0.376 e. The van der Waals surface area contributed by atoms with Crippen molar-refractivity contribution in [2.24, 2.45) is 5.73 Å². The number of nitrogens with one attached hydrogen (secondary N) is 2. The molecule has 0 aliphatic carbocycles. The molecule has 0 heterocycles. The van der Waals surface area contributed by atoms with Crippen molar-refractivity contribution in [3.8, 4) is 0 Å². The minimum atomic E-state index is -0.488. The fraction of sp³-hybridized carbons (Fsp3) is 0.0667. The van der Waals surface area contributed by atoms with Crippen molar-refractivity contribution in [3.63, 3.8) is 0 Å². The van der Waals surface area contributed by atoms with Gasteiger partial charge in [0.05, 0.1) is 17.3 Å². The smallest absolute Gasteiger partial charge is 0.248 e. The predicted molar refractivity (Wildman–Crippen MR) is 83.5 cm³/mol. The molecule has 0 saturated carbocycles. The highest BCUT2D eigenvalue weighted by Gasteiger charge is 2.05. The van der Waals surface area contributed by atoms with E-state index in [-0.39, 0.29) is 12.5 Å². The minimum absolute atomic E-state index is 0.0845. The number of para-hydroxylation sites is 1. The Morgan fingerprint density at radius 3 is 2.33 bits per heavy atom. The second-order valence-corrected chi connectivity index (χ2v) is 4.73. The van der Waals surface area contributed by atoms with Crippen LogP contribution in [0.2, 0.25) is 5.02 Å². The average molecular weight is 304 g/mol. The van der Waals surface area contributed by atoms with Crippen molar-refractivity contribution in [1.29, 1.82) is 0 Å². The van der Waals surface area contributed by atoms with Crippen LogP contribution in [0.15, 0.2) is 48.5 Å². The molecule has 0 aliphatic heterocycles. The average Bonchev–Trinajstić information content (AvgIpc) is 2.48. The maximum absolute atomic E-state index is 11.8. The standard InChI is InChI=1S/C15H14ClN3O2/c16-12-3-1-2-4-13(12)19-14(20)9-18-11-7-5-10(6-8-11)15(17)21/h1-8,18H,9H2,(H2,17,21)(H,19,20). The van der Waals surface area contributed by atoms with Gasteiger partial charge in [-0.25, -0.2) is 0 Å². The molecule has 0 unspecified atom stereocenters. The largest absolute Gasteiger partial charge is 0.376 e. The first-order valence-electron chi connectivity index (χ1n) is 6.24. The lowest BCUT2D eigenvalue weighted by Crippen LogP contribution is -2.22. The first-order chi connectivity index (χ1) is 10.1. The van der Waals surface area contributed by atoms with Crippen LogP contribution >= 0.6 is 11.6 Å². The lowest BCUT2D eigenvalue weighted by Gasteiger charge is -2.09. The Morgan fingerprint density at radius 2 is 1.71 bits per heavy atom. The third-order valence-electron chi connectivity index (χ3n) is 2.77. The number of carbonyl (C=O) groups excluding carboxylic acids is 2. The SMILES string of the molecule is NC(=O)c1ccc(NCC(=O)Nc2ccccc2Cl)cc1. The first-order valence-corrected chi connectivity index (χ1v) is 6.62. The maximum atomic E-state index is 11.8. The molecule has 0 aliphatic rings. The van der Waals surface area contributed by atoms with Gasteiger partial charge in [-0.05, 0) is 36.4 Å². The molecule has 4 N–H and O–H groups in total. The van der Waals surface area contributed by atoms with E-state index in [4.69, 9.17) is 17.3 Å².